The number of thiazole rings is 1. The van der Waals surface area contributed by atoms with Crippen LogP contribution in [0.1, 0.15) is 34.0 Å². The Morgan fingerprint density at radius 1 is 1.42 bits per heavy atom. The third-order valence-corrected chi connectivity index (χ3v) is 4.97. The zero-order valence-electron chi connectivity index (χ0n) is 12.6. The van der Waals surface area contributed by atoms with E-state index in [1.165, 1.54) is 11.3 Å². The highest BCUT2D eigenvalue weighted by Gasteiger charge is 2.20. The van der Waals surface area contributed by atoms with Crippen molar-refractivity contribution < 1.29 is 14.1 Å². The van der Waals surface area contributed by atoms with Gasteiger partial charge in [0.15, 0.2) is 5.13 Å². The van der Waals surface area contributed by atoms with Crippen molar-refractivity contribution in [2.24, 2.45) is 0 Å². The molecule has 126 valence electrons. The van der Waals surface area contributed by atoms with Crippen LogP contribution in [0.4, 0.5) is 15.2 Å². The van der Waals surface area contributed by atoms with Crippen molar-refractivity contribution in [1.82, 2.24) is 10.3 Å². The van der Waals surface area contributed by atoms with Crippen LogP contribution in [-0.4, -0.2) is 28.9 Å². The lowest BCUT2D eigenvalue weighted by atomic mass is 9.97. The molecule has 3 rings (SSSR count). The van der Waals surface area contributed by atoms with Crippen molar-refractivity contribution >= 4 is 28.1 Å². The van der Waals surface area contributed by atoms with Crippen LogP contribution >= 0.6 is 11.3 Å². The summed E-state index contributed by atoms with van der Waals surface area (Å²) >= 11 is 1.37. The molecule has 0 radical (unpaired) electrons. The number of benzene rings is 1. The predicted octanol–water partition coefficient (Wildman–Crippen LogP) is 2.91. The first-order valence-electron chi connectivity index (χ1n) is 7.46. The van der Waals surface area contributed by atoms with Gasteiger partial charge >= 0.3 is 0 Å². The summed E-state index contributed by atoms with van der Waals surface area (Å²) in [5.74, 6) is -1.18. The molecule has 0 bridgehead atoms. The number of aromatic nitrogens is 1. The van der Waals surface area contributed by atoms with Crippen molar-refractivity contribution in [2.45, 2.75) is 18.8 Å². The number of halogens is 1. The Bertz CT molecular complexity index is 774. The van der Waals surface area contributed by atoms with Gasteiger partial charge in [-0.1, -0.05) is 0 Å². The number of carbonyl (C=O) groups is 1. The summed E-state index contributed by atoms with van der Waals surface area (Å²) < 4.78 is 13.9. The highest BCUT2D eigenvalue weighted by Crippen LogP contribution is 2.32. The van der Waals surface area contributed by atoms with Crippen LogP contribution in [0.15, 0.2) is 24.4 Å². The normalized spacial score (nSPS) is 15.2. The summed E-state index contributed by atoms with van der Waals surface area (Å²) in [6.45, 7) is 1.91. The van der Waals surface area contributed by atoms with Gasteiger partial charge in [0, 0.05) is 17.1 Å². The number of nitrogens with zero attached hydrogens (tertiary/aromatic N) is 2. The van der Waals surface area contributed by atoms with E-state index < -0.39 is 22.3 Å². The van der Waals surface area contributed by atoms with Crippen LogP contribution in [-0.2, 0) is 0 Å². The first-order chi connectivity index (χ1) is 11.5. The fraction of sp³-hybridized carbons (Fsp3) is 0.333. The number of nitrogens with one attached hydrogen (secondary N) is 2. The van der Waals surface area contributed by atoms with Gasteiger partial charge in [0.05, 0.1) is 16.6 Å². The molecule has 0 aliphatic carbocycles. The van der Waals surface area contributed by atoms with Crippen molar-refractivity contribution in [2.75, 3.05) is 18.4 Å². The average molecular weight is 350 g/mol. The van der Waals surface area contributed by atoms with Gasteiger partial charge in [0.25, 0.3) is 11.6 Å². The second-order valence-corrected chi connectivity index (χ2v) is 6.53. The highest BCUT2D eigenvalue weighted by molar-refractivity contribution is 7.15. The molecule has 9 heteroatoms. The summed E-state index contributed by atoms with van der Waals surface area (Å²) in [7, 11) is 0. The molecule has 1 aliphatic heterocycles. The summed E-state index contributed by atoms with van der Waals surface area (Å²) in [6.07, 6.45) is 3.78. The standard InChI is InChI=1S/C15H15FN4O3S/c16-12-7-10(20(22)23)1-2-11(12)14(21)19-15-18-8-13(24-15)9-3-5-17-6-4-9/h1-2,7-9,17H,3-6H2,(H,18,19,21). The van der Waals surface area contributed by atoms with E-state index in [0.717, 1.165) is 49.0 Å². The second-order valence-electron chi connectivity index (χ2n) is 5.47. The SMILES string of the molecule is O=C(Nc1ncc(C2CCNCC2)s1)c1ccc([N+](=O)[O-])cc1F. The van der Waals surface area contributed by atoms with Crippen molar-refractivity contribution in [3.8, 4) is 0 Å². The minimum absolute atomic E-state index is 0.251. The zero-order chi connectivity index (χ0) is 17.1. The smallest absolute Gasteiger partial charge is 0.272 e. The molecule has 1 fully saturated rings. The number of non-ortho nitro benzene ring substituents is 1. The molecule has 0 atom stereocenters. The van der Waals surface area contributed by atoms with Crippen molar-refractivity contribution in [3.63, 3.8) is 0 Å². The third kappa shape index (κ3) is 3.57. The van der Waals surface area contributed by atoms with Gasteiger partial charge in [-0.2, -0.15) is 0 Å². The lowest BCUT2D eigenvalue weighted by molar-refractivity contribution is -0.385. The number of rotatable bonds is 4. The van der Waals surface area contributed by atoms with Gasteiger partial charge in [-0.3, -0.25) is 20.2 Å². The Morgan fingerprint density at radius 2 is 2.17 bits per heavy atom. The number of anilines is 1. The van der Waals surface area contributed by atoms with Gasteiger partial charge in [-0.05, 0) is 37.9 Å². The molecule has 1 aliphatic rings. The molecule has 2 heterocycles. The van der Waals surface area contributed by atoms with Crippen LogP contribution in [0, 0.1) is 15.9 Å². The average Bonchev–Trinajstić information content (AvgIpc) is 3.03. The molecule has 2 N–H and O–H groups in total. The second kappa shape index (κ2) is 7.02. The number of carbonyl (C=O) groups excluding carboxylic acids is 1. The lowest BCUT2D eigenvalue weighted by Gasteiger charge is -2.20. The van der Waals surface area contributed by atoms with Crippen molar-refractivity contribution in [3.05, 3.63) is 50.8 Å². The number of piperidine rings is 1. The molecular formula is C15H15FN4O3S. The first-order valence-corrected chi connectivity index (χ1v) is 8.28. The molecule has 1 saturated heterocycles. The van der Waals surface area contributed by atoms with E-state index in [9.17, 15) is 19.3 Å². The molecule has 2 aromatic rings. The highest BCUT2D eigenvalue weighted by atomic mass is 32.1. The van der Waals surface area contributed by atoms with Crippen LogP contribution < -0.4 is 10.6 Å². The van der Waals surface area contributed by atoms with E-state index >= 15 is 0 Å². The quantitative estimate of drug-likeness (QED) is 0.653. The number of amides is 1. The van der Waals surface area contributed by atoms with Crippen molar-refractivity contribution in [1.29, 1.82) is 0 Å². The summed E-state index contributed by atoms with van der Waals surface area (Å²) in [5.41, 5.74) is -0.647. The Kier molecular flexibility index (Phi) is 4.81. The Labute approximate surface area is 141 Å². The summed E-state index contributed by atoms with van der Waals surface area (Å²) in [6, 6.07) is 2.93. The van der Waals surface area contributed by atoms with Gasteiger partial charge < -0.3 is 5.32 Å². The molecule has 7 nitrogen and oxygen atoms in total. The minimum atomic E-state index is -0.933. The first kappa shape index (κ1) is 16.5. The Morgan fingerprint density at radius 3 is 2.83 bits per heavy atom. The molecule has 1 amide bonds. The lowest BCUT2D eigenvalue weighted by Crippen LogP contribution is -2.26. The Hall–Kier alpha value is -2.39. The van der Waals surface area contributed by atoms with E-state index in [1.807, 2.05) is 0 Å². The fourth-order valence-electron chi connectivity index (χ4n) is 2.61. The number of nitro benzene ring substituents is 1. The number of hydrogen-bond acceptors (Lipinski definition) is 6. The molecular weight excluding hydrogens is 335 g/mol. The van der Waals surface area contributed by atoms with Gasteiger partial charge in [0.2, 0.25) is 0 Å². The largest absolute Gasteiger partial charge is 0.317 e. The van der Waals surface area contributed by atoms with Crippen LogP contribution in [0.25, 0.3) is 0 Å². The van der Waals surface area contributed by atoms with Gasteiger partial charge in [-0.15, -0.1) is 11.3 Å². The predicted molar refractivity (Wildman–Crippen MR) is 88.0 cm³/mol. The maximum atomic E-state index is 13.9. The maximum absolute atomic E-state index is 13.9. The third-order valence-electron chi connectivity index (χ3n) is 3.89. The topological polar surface area (TPSA) is 97.2 Å². The number of nitro groups is 1. The molecule has 0 spiro atoms. The van der Waals surface area contributed by atoms with Crippen LogP contribution in [0.3, 0.4) is 0 Å². The van der Waals surface area contributed by atoms with E-state index in [0.29, 0.717) is 11.0 Å². The minimum Gasteiger partial charge on any atom is -0.317 e. The van der Waals surface area contributed by atoms with E-state index in [1.54, 1.807) is 6.20 Å². The molecule has 24 heavy (non-hydrogen) atoms. The van der Waals surface area contributed by atoms with E-state index in [-0.39, 0.29) is 5.56 Å². The van der Waals surface area contributed by atoms with Gasteiger partial charge in [-0.25, -0.2) is 9.37 Å². The maximum Gasteiger partial charge on any atom is 0.272 e. The molecule has 1 aromatic heterocycles. The monoisotopic (exact) mass is 350 g/mol. The molecule has 1 aromatic carbocycles. The van der Waals surface area contributed by atoms with E-state index in [2.05, 4.69) is 15.6 Å². The van der Waals surface area contributed by atoms with E-state index in [4.69, 9.17) is 0 Å². The van der Waals surface area contributed by atoms with Gasteiger partial charge in [0.1, 0.15) is 5.82 Å². The zero-order valence-corrected chi connectivity index (χ0v) is 13.4. The van der Waals surface area contributed by atoms with Crippen LogP contribution in [0.2, 0.25) is 0 Å². The fourth-order valence-corrected chi connectivity index (χ4v) is 3.59. The molecule has 0 unspecified atom stereocenters. The summed E-state index contributed by atoms with van der Waals surface area (Å²) in [5, 5.41) is 16.8. The van der Waals surface area contributed by atoms with Crippen LogP contribution in [0.5, 0.6) is 0 Å². The molecule has 0 saturated carbocycles. The Balaban J connectivity index is 1.71. The number of hydrogen-bond donors (Lipinski definition) is 2. The summed E-state index contributed by atoms with van der Waals surface area (Å²) in [4.78, 5) is 27.3.